The number of carbonyl (C=O) groups is 1. The van der Waals surface area contributed by atoms with E-state index in [0.29, 0.717) is 6.42 Å². The lowest BCUT2D eigenvalue weighted by atomic mass is 9.87. The number of Topliss-reactive ketones (excluding diaryl/α,β-unsaturated/α-hetero) is 1. The van der Waals surface area contributed by atoms with Crippen molar-refractivity contribution in [3.63, 3.8) is 0 Å². The maximum atomic E-state index is 11.4. The zero-order chi connectivity index (χ0) is 8.55. The number of hydrogen-bond donors (Lipinski definition) is 1. The molecule has 0 fully saturated rings. The monoisotopic (exact) mass is 197 g/mol. The summed E-state index contributed by atoms with van der Waals surface area (Å²) in [6.45, 7) is 0. The minimum atomic E-state index is 0. The molecule has 70 valence electrons. The van der Waals surface area contributed by atoms with Crippen LogP contribution < -0.4 is 5.73 Å². The third-order valence-electron chi connectivity index (χ3n) is 2.34. The molecule has 2 nitrogen and oxygen atoms in total. The van der Waals surface area contributed by atoms with Gasteiger partial charge in [0.05, 0.1) is 0 Å². The number of fused-ring (bicyclic) bond motifs is 1. The zero-order valence-electron chi connectivity index (χ0n) is 7.19. The fourth-order valence-electron chi connectivity index (χ4n) is 1.65. The highest BCUT2D eigenvalue weighted by molar-refractivity contribution is 5.98. The number of benzene rings is 1. The Bertz CT molecular complexity index is 324. The quantitative estimate of drug-likeness (QED) is 0.692. The van der Waals surface area contributed by atoms with Crippen molar-refractivity contribution in [3.8, 4) is 0 Å². The van der Waals surface area contributed by atoms with Crippen LogP contribution in [0, 0.1) is 0 Å². The number of halogens is 1. The Kier molecular flexibility index (Phi) is 3.07. The molecule has 1 aliphatic carbocycles. The summed E-state index contributed by atoms with van der Waals surface area (Å²) >= 11 is 0. The van der Waals surface area contributed by atoms with Gasteiger partial charge >= 0.3 is 0 Å². The summed E-state index contributed by atoms with van der Waals surface area (Å²) in [6.07, 6.45) is 1.38. The second kappa shape index (κ2) is 3.90. The lowest BCUT2D eigenvalue weighted by molar-refractivity contribution is 0.0967. The zero-order valence-corrected chi connectivity index (χ0v) is 8.01. The Morgan fingerprint density at radius 3 is 2.69 bits per heavy atom. The van der Waals surface area contributed by atoms with Crippen LogP contribution in [0.25, 0.3) is 0 Å². The molecule has 0 spiro atoms. The van der Waals surface area contributed by atoms with Crippen LogP contribution in [0.15, 0.2) is 24.3 Å². The summed E-state index contributed by atoms with van der Waals surface area (Å²) < 4.78 is 0. The van der Waals surface area contributed by atoms with E-state index in [1.807, 2.05) is 24.3 Å². The fourth-order valence-corrected chi connectivity index (χ4v) is 1.65. The van der Waals surface area contributed by atoms with Crippen LogP contribution in [0.4, 0.5) is 0 Å². The number of ketones is 1. The molecule has 1 aromatic rings. The largest absolute Gasteiger partial charge is 0.324 e. The Labute approximate surface area is 83.5 Å². The maximum Gasteiger partial charge on any atom is 0.163 e. The fraction of sp³-hybridized carbons (Fsp3) is 0.300. The molecule has 3 heteroatoms. The summed E-state index contributed by atoms with van der Waals surface area (Å²) in [6, 6.07) is 7.67. The van der Waals surface area contributed by atoms with Gasteiger partial charge in [0.1, 0.15) is 0 Å². The molecule has 0 amide bonds. The van der Waals surface area contributed by atoms with Crippen molar-refractivity contribution in [1.82, 2.24) is 0 Å². The first-order chi connectivity index (χ1) is 5.79. The van der Waals surface area contributed by atoms with Gasteiger partial charge in [-0.25, -0.2) is 0 Å². The second-order valence-electron chi connectivity index (χ2n) is 3.16. The molecule has 2 rings (SSSR count). The van der Waals surface area contributed by atoms with E-state index in [1.54, 1.807) is 0 Å². The molecule has 0 bridgehead atoms. The molecule has 1 atom stereocenters. The molecule has 0 heterocycles. The van der Waals surface area contributed by atoms with Gasteiger partial charge in [0, 0.05) is 18.0 Å². The molecule has 0 aromatic heterocycles. The van der Waals surface area contributed by atoms with Crippen molar-refractivity contribution >= 4 is 18.2 Å². The highest BCUT2D eigenvalue weighted by atomic mass is 35.5. The molecule has 0 saturated carbocycles. The molecule has 0 aliphatic heterocycles. The van der Waals surface area contributed by atoms with Crippen LogP contribution in [0.2, 0.25) is 0 Å². The van der Waals surface area contributed by atoms with Crippen LogP contribution >= 0.6 is 12.4 Å². The van der Waals surface area contributed by atoms with Crippen molar-refractivity contribution < 1.29 is 4.79 Å². The first-order valence-electron chi connectivity index (χ1n) is 4.17. The third kappa shape index (κ3) is 1.74. The van der Waals surface area contributed by atoms with Crippen LogP contribution in [-0.4, -0.2) is 5.78 Å². The molecule has 1 aromatic carbocycles. The molecular formula is C10H12ClNO. The van der Waals surface area contributed by atoms with Crippen molar-refractivity contribution in [2.75, 3.05) is 0 Å². The highest BCUT2D eigenvalue weighted by Crippen LogP contribution is 2.27. The number of nitrogens with two attached hydrogens (primary N) is 1. The number of carbonyl (C=O) groups excluding carboxylic acids is 1. The van der Waals surface area contributed by atoms with E-state index in [1.165, 1.54) is 0 Å². The molecule has 0 radical (unpaired) electrons. The SMILES string of the molecule is Cl.NC1CCC(=O)c2ccccc21. The lowest BCUT2D eigenvalue weighted by Crippen LogP contribution is -2.21. The van der Waals surface area contributed by atoms with Gasteiger partial charge in [-0.15, -0.1) is 12.4 Å². The average Bonchev–Trinajstić information content (AvgIpc) is 2.12. The normalized spacial score (nSPS) is 20.4. The minimum absolute atomic E-state index is 0. The van der Waals surface area contributed by atoms with E-state index in [9.17, 15) is 4.79 Å². The van der Waals surface area contributed by atoms with Gasteiger partial charge in [0.15, 0.2) is 5.78 Å². The summed E-state index contributed by atoms with van der Waals surface area (Å²) in [4.78, 5) is 11.4. The van der Waals surface area contributed by atoms with Crippen molar-refractivity contribution in [3.05, 3.63) is 35.4 Å². The van der Waals surface area contributed by atoms with Crippen LogP contribution in [0.3, 0.4) is 0 Å². The predicted octanol–water partition coefficient (Wildman–Crippen LogP) is 2.08. The Morgan fingerprint density at radius 2 is 2.00 bits per heavy atom. The first kappa shape index (κ1) is 10.2. The second-order valence-corrected chi connectivity index (χ2v) is 3.16. The Balaban J connectivity index is 0.000000845. The minimum Gasteiger partial charge on any atom is -0.324 e. The van der Waals surface area contributed by atoms with Crippen molar-refractivity contribution in [2.24, 2.45) is 5.73 Å². The van der Waals surface area contributed by atoms with E-state index >= 15 is 0 Å². The van der Waals surface area contributed by atoms with Gasteiger partial charge in [-0.2, -0.15) is 0 Å². The van der Waals surface area contributed by atoms with Gasteiger partial charge in [0.25, 0.3) is 0 Å². The number of rotatable bonds is 0. The van der Waals surface area contributed by atoms with Gasteiger partial charge in [0.2, 0.25) is 0 Å². The predicted molar refractivity (Wildman–Crippen MR) is 54.2 cm³/mol. The lowest BCUT2D eigenvalue weighted by Gasteiger charge is -2.20. The summed E-state index contributed by atoms with van der Waals surface area (Å²) in [5.41, 5.74) is 7.68. The van der Waals surface area contributed by atoms with Crippen molar-refractivity contribution in [1.29, 1.82) is 0 Å². The number of hydrogen-bond acceptors (Lipinski definition) is 2. The van der Waals surface area contributed by atoms with Gasteiger partial charge < -0.3 is 5.73 Å². The maximum absolute atomic E-state index is 11.4. The Hall–Kier alpha value is -0.860. The molecule has 1 unspecified atom stereocenters. The van der Waals surface area contributed by atoms with E-state index < -0.39 is 0 Å². The first-order valence-corrected chi connectivity index (χ1v) is 4.17. The molecule has 13 heavy (non-hydrogen) atoms. The molecule has 2 N–H and O–H groups in total. The average molecular weight is 198 g/mol. The Morgan fingerprint density at radius 1 is 1.31 bits per heavy atom. The van der Waals surface area contributed by atoms with Gasteiger partial charge in [-0.1, -0.05) is 24.3 Å². The van der Waals surface area contributed by atoms with E-state index in [2.05, 4.69) is 0 Å². The van der Waals surface area contributed by atoms with Gasteiger partial charge in [-0.3, -0.25) is 4.79 Å². The molecular weight excluding hydrogens is 186 g/mol. The summed E-state index contributed by atoms with van der Waals surface area (Å²) in [7, 11) is 0. The van der Waals surface area contributed by atoms with Crippen LogP contribution in [-0.2, 0) is 0 Å². The van der Waals surface area contributed by atoms with E-state index in [-0.39, 0.29) is 24.2 Å². The van der Waals surface area contributed by atoms with E-state index in [4.69, 9.17) is 5.73 Å². The highest BCUT2D eigenvalue weighted by Gasteiger charge is 2.21. The van der Waals surface area contributed by atoms with E-state index in [0.717, 1.165) is 17.5 Å². The standard InChI is InChI=1S/C10H11NO.ClH/c11-9-5-6-10(12)8-4-2-1-3-7(8)9;/h1-4,9H,5-6,11H2;1H. The third-order valence-corrected chi connectivity index (χ3v) is 2.34. The summed E-state index contributed by atoms with van der Waals surface area (Å²) in [5, 5.41) is 0. The molecule has 1 aliphatic rings. The van der Waals surface area contributed by atoms with Crippen LogP contribution in [0.5, 0.6) is 0 Å². The smallest absolute Gasteiger partial charge is 0.163 e. The van der Waals surface area contributed by atoms with Crippen LogP contribution in [0.1, 0.15) is 34.8 Å². The van der Waals surface area contributed by atoms with Crippen molar-refractivity contribution in [2.45, 2.75) is 18.9 Å². The van der Waals surface area contributed by atoms with Gasteiger partial charge in [-0.05, 0) is 12.0 Å². The molecule has 0 saturated heterocycles. The topological polar surface area (TPSA) is 43.1 Å². The summed E-state index contributed by atoms with van der Waals surface area (Å²) in [5.74, 6) is 0.229.